The van der Waals surface area contributed by atoms with Crippen LogP contribution in [0.2, 0.25) is 0 Å². The zero-order chi connectivity index (χ0) is 60.0. The Morgan fingerprint density at radius 1 is 0.360 bits per heavy atom. The van der Waals surface area contributed by atoms with Crippen LogP contribution in [0.5, 0.6) is 0 Å². The van der Waals surface area contributed by atoms with Gasteiger partial charge in [-0.05, 0) is 193 Å². The van der Waals surface area contributed by atoms with E-state index in [1.54, 1.807) is 24.3 Å². The number of unbranched alkanes of at least 4 members (excludes halogenated alkanes) is 4. The molecule has 2 saturated carbocycles. The Hall–Kier alpha value is -5.92. The third kappa shape index (κ3) is 14.6. The average molecular weight is 1230 g/mol. The van der Waals surface area contributed by atoms with Crippen molar-refractivity contribution in [2.24, 2.45) is 11.8 Å². The van der Waals surface area contributed by atoms with Crippen LogP contribution in [-0.2, 0) is 12.4 Å². The van der Waals surface area contributed by atoms with E-state index in [1.165, 1.54) is 162 Å². The summed E-state index contributed by atoms with van der Waals surface area (Å²) in [4.78, 5) is 35.1. The number of halogens is 6. The van der Waals surface area contributed by atoms with Gasteiger partial charge in [-0.1, -0.05) is 197 Å². The molecule has 2 fully saturated rings. The molecule has 3 aliphatic carbocycles. The van der Waals surface area contributed by atoms with Crippen molar-refractivity contribution < 1.29 is 35.9 Å². The smallest absolute Gasteiger partial charge is 0.288 e. The second-order valence-corrected chi connectivity index (χ2v) is 27.9. The second-order valence-electron chi connectivity index (χ2n) is 23.5. The summed E-state index contributed by atoms with van der Waals surface area (Å²) in [6.45, 7) is 4.51. The molecule has 444 valence electrons. The lowest BCUT2D eigenvalue weighted by atomic mass is 9.77. The van der Waals surface area contributed by atoms with E-state index in [4.69, 9.17) is 0 Å². The van der Waals surface area contributed by atoms with E-state index in [2.05, 4.69) is 62.4 Å². The van der Waals surface area contributed by atoms with Gasteiger partial charge in [0.2, 0.25) is 0 Å². The Balaban J connectivity index is 0.905. The van der Waals surface area contributed by atoms with Gasteiger partial charge in [0.05, 0.1) is 11.1 Å². The molecule has 0 aromatic heterocycles. The number of benzene rings is 8. The molecule has 0 saturated heterocycles. The SMILES string of the molecule is CCCCCC1CCC(c2ccc(-c3ccc(Sc4ccc(Sc5cccc(C(F)(F)F)c5)c5c4C(=O)c4c(Sc6cccc(C(F)(F)F)c6)ccc(Sc6ccc(-c7ccc(C8CCC(CCCCC)CC8)cc7)cc6)c4C5=O)cc3)cc2)CC1. The minimum Gasteiger partial charge on any atom is -0.288 e. The summed E-state index contributed by atoms with van der Waals surface area (Å²) in [6.07, 6.45) is 11.2. The minimum atomic E-state index is -4.62. The van der Waals surface area contributed by atoms with Crippen molar-refractivity contribution in [2.75, 3.05) is 0 Å². The molecule has 0 N–H and O–H groups in total. The number of carbonyl (C=O) groups excluding carboxylic acids is 2. The maximum absolute atomic E-state index is 15.8. The highest BCUT2D eigenvalue weighted by molar-refractivity contribution is 8.00. The van der Waals surface area contributed by atoms with Crippen LogP contribution in [0.3, 0.4) is 0 Å². The molecule has 0 bridgehead atoms. The number of hydrogen-bond acceptors (Lipinski definition) is 6. The van der Waals surface area contributed by atoms with Gasteiger partial charge in [-0.15, -0.1) is 0 Å². The van der Waals surface area contributed by atoms with E-state index in [9.17, 15) is 26.3 Å². The molecule has 2 nitrogen and oxygen atoms in total. The zero-order valence-electron chi connectivity index (χ0n) is 48.5. The monoisotopic (exact) mass is 1230 g/mol. The normalized spacial score (nSPS) is 18.0. The molecule has 0 aliphatic heterocycles. The maximum atomic E-state index is 15.8. The number of ketones is 2. The fourth-order valence-corrected chi connectivity index (χ4v) is 16.8. The second kappa shape index (κ2) is 27.6. The summed E-state index contributed by atoms with van der Waals surface area (Å²) in [7, 11) is 0. The van der Waals surface area contributed by atoms with Crippen molar-refractivity contribution >= 4 is 58.6 Å². The van der Waals surface area contributed by atoms with Gasteiger partial charge in [-0.2, -0.15) is 26.3 Å². The van der Waals surface area contributed by atoms with Crippen molar-refractivity contribution in [3.8, 4) is 22.3 Å². The van der Waals surface area contributed by atoms with Crippen LogP contribution in [-0.4, -0.2) is 11.6 Å². The van der Waals surface area contributed by atoms with Gasteiger partial charge >= 0.3 is 12.4 Å². The van der Waals surface area contributed by atoms with Gasteiger partial charge in [-0.3, -0.25) is 9.59 Å². The van der Waals surface area contributed by atoms with E-state index < -0.39 is 35.0 Å². The molecule has 0 heterocycles. The van der Waals surface area contributed by atoms with Crippen molar-refractivity contribution in [3.63, 3.8) is 0 Å². The molecule has 0 radical (unpaired) electrons. The summed E-state index contributed by atoms with van der Waals surface area (Å²) in [5.74, 6) is 1.79. The van der Waals surface area contributed by atoms with Gasteiger partial charge < -0.3 is 0 Å². The Morgan fingerprint density at radius 2 is 0.663 bits per heavy atom. The first-order valence-electron chi connectivity index (χ1n) is 30.5. The van der Waals surface area contributed by atoms with Crippen LogP contribution in [0.1, 0.15) is 183 Å². The summed E-state index contributed by atoms with van der Waals surface area (Å²) in [6, 6.07) is 50.3. The van der Waals surface area contributed by atoms with Gasteiger partial charge in [0.1, 0.15) is 0 Å². The molecule has 3 aliphatic rings. The lowest BCUT2D eigenvalue weighted by molar-refractivity contribution is -0.138. The van der Waals surface area contributed by atoms with Crippen LogP contribution in [0, 0.1) is 11.8 Å². The summed E-state index contributed by atoms with van der Waals surface area (Å²) < 4.78 is 84.8. The molecule has 0 amide bonds. The minimum absolute atomic E-state index is 0.0542. The summed E-state index contributed by atoms with van der Waals surface area (Å²) in [5.41, 5.74) is 5.50. The molecule has 86 heavy (non-hydrogen) atoms. The van der Waals surface area contributed by atoms with Gasteiger partial charge in [-0.25, -0.2) is 0 Å². The molecule has 8 aromatic rings. The highest BCUT2D eigenvalue weighted by Gasteiger charge is 2.39. The number of hydrogen-bond donors (Lipinski definition) is 0. The van der Waals surface area contributed by atoms with Crippen molar-refractivity contribution in [1.29, 1.82) is 0 Å². The Bertz CT molecular complexity index is 3410. The fraction of sp³-hybridized carbons (Fsp3) is 0.324. The standard InChI is InChI=1S/C74H70F6O2S4/c1-3-5-7-11-47-17-21-49(22-18-47)51-25-29-53(30-26-51)55-33-37-59(38-34-55)83-63-41-43-65(85-61-15-9-13-57(45-61)73(75,76)77)69-67(63)71(81)70-66(86-62-16-10-14-58(46-62)74(78,79)80)44-42-64(68(70)72(69)82)84-60-39-35-56(36-40-60)54-31-27-52(28-32-54)50-23-19-48(20-24-50)12-8-6-4-2/h9-10,13-16,25-50H,3-8,11-12,17-24H2,1-2H3. The fourth-order valence-electron chi connectivity index (χ4n) is 12.9. The highest BCUT2D eigenvalue weighted by atomic mass is 32.2. The molecule has 0 unspecified atom stereocenters. The van der Waals surface area contributed by atoms with Gasteiger partial charge in [0, 0.05) is 61.4 Å². The van der Waals surface area contributed by atoms with Crippen LogP contribution in [0.25, 0.3) is 22.3 Å². The predicted molar refractivity (Wildman–Crippen MR) is 341 cm³/mol. The molecule has 11 rings (SSSR count). The molecule has 0 atom stereocenters. The van der Waals surface area contributed by atoms with Crippen LogP contribution in [0.15, 0.2) is 209 Å². The van der Waals surface area contributed by atoms with Crippen LogP contribution < -0.4 is 0 Å². The zero-order valence-corrected chi connectivity index (χ0v) is 51.8. The Labute approximate surface area is 519 Å². The third-order valence-corrected chi connectivity index (χ3v) is 21.9. The van der Waals surface area contributed by atoms with E-state index in [0.717, 1.165) is 91.7 Å². The molecular formula is C74H70F6O2S4. The maximum Gasteiger partial charge on any atom is 0.416 e. The Kier molecular flexibility index (Phi) is 19.8. The molecule has 12 heteroatoms. The van der Waals surface area contributed by atoms with Gasteiger partial charge in [0.25, 0.3) is 0 Å². The van der Waals surface area contributed by atoms with Crippen LogP contribution in [0.4, 0.5) is 26.3 Å². The quantitative estimate of drug-likeness (QED) is 0.0559. The Morgan fingerprint density at radius 3 is 0.965 bits per heavy atom. The topological polar surface area (TPSA) is 34.1 Å². The number of fused-ring (bicyclic) bond motifs is 2. The lowest BCUT2D eigenvalue weighted by Crippen LogP contribution is -2.24. The van der Waals surface area contributed by atoms with Crippen molar-refractivity contribution in [1.82, 2.24) is 0 Å². The lowest BCUT2D eigenvalue weighted by Gasteiger charge is -2.29. The number of carbonyl (C=O) groups is 2. The van der Waals surface area contributed by atoms with E-state index in [0.29, 0.717) is 31.4 Å². The van der Waals surface area contributed by atoms with E-state index >= 15 is 9.59 Å². The average Bonchev–Trinajstić information content (AvgIpc) is 0.880. The molecular weight excluding hydrogens is 1160 g/mol. The number of rotatable bonds is 20. The molecule has 8 aromatic carbocycles. The summed E-state index contributed by atoms with van der Waals surface area (Å²) in [5, 5.41) is 0. The first-order valence-corrected chi connectivity index (χ1v) is 33.8. The van der Waals surface area contributed by atoms with E-state index in [-0.39, 0.29) is 32.0 Å². The van der Waals surface area contributed by atoms with Gasteiger partial charge in [0.15, 0.2) is 11.6 Å². The predicted octanol–water partition coefficient (Wildman–Crippen LogP) is 24.1. The van der Waals surface area contributed by atoms with E-state index in [1.807, 2.05) is 48.5 Å². The first-order chi connectivity index (χ1) is 41.6. The molecule has 0 spiro atoms. The largest absolute Gasteiger partial charge is 0.416 e. The first kappa shape index (κ1) is 61.7. The van der Waals surface area contributed by atoms with Crippen LogP contribution >= 0.6 is 47.0 Å². The third-order valence-electron chi connectivity index (χ3n) is 17.7. The number of alkyl halides is 6. The van der Waals surface area contributed by atoms with Crippen molar-refractivity contribution in [2.45, 2.75) is 180 Å². The highest BCUT2D eigenvalue weighted by Crippen LogP contribution is 2.50. The summed E-state index contributed by atoms with van der Waals surface area (Å²) >= 11 is 4.54. The van der Waals surface area contributed by atoms with Crippen molar-refractivity contribution in [3.05, 3.63) is 214 Å².